The maximum absolute atomic E-state index is 11.7. The molecule has 1 fully saturated rings. The van der Waals surface area contributed by atoms with Crippen LogP contribution in [0.25, 0.3) is 0 Å². The number of piperazine rings is 1. The topological polar surface area (TPSA) is 40.6 Å². The third-order valence-corrected chi connectivity index (χ3v) is 3.32. The van der Waals surface area contributed by atoms with Gasteiger partial charge in [-0.2, -0.15) is 11.8 Å². The molecule has 0 aromatic rings. The molecule has 0 spiro atoms. The number of hydrogen-bond acceptors (Lipinski definition) is 3. The van der Waals surface area contributed by atoms with Gasteiger partial charge >= 0.3 is 0 Å². The summed E-state index contributed by atoms with van der Waals surface area (Å²) in [4.78, 5) is 26.8. The largest absolute Gasteiger partial charge is 0.332 e. The van der Waals surface area contributed by atoms with Gasteiger partial charge in [-0.25, -0.2) is 0 Å². The highest BCUT2D eigenvalue weighted by atomic mass is 32.2. The first-order chi connectivity index (χ1) is 7.69. The van der Waals surface area contributed by atoms with Crippen molar-refractivity contribution in [1.29, 1.82) is 0 Å². The second-order valence-corrected chi connectivity index (χ2v) is 4.96. The molecular formula is C11H20N2O2S. The molecule has 4 nitrogen and oxygen atoms in total. The Morgan fingerprint density at radius 1 is 1.12 bits per heavy atom. The van der Waals surface area contributed by atoms with Gasteiger partial charge in [-0.05, 0) is 24.9 Å². The van der Waals surface area contributed by atoms with Gasteiger partial charge in [0.1, 0.15) is 0 Å². The van der Waals surface area contributed by atoms with Gasteiger partial charge in [-0.15, -0.1) is 0 Å². The minimum absolute atomic E-state index is 0.0885. The van der Waals surface area contributed by atoms with Gasteiger partial charge in [0.15, 0.2) is 0 Å². The van der Waals surface area contributed by atoms with E-state index in [1.165, 1.54) is 0 Å². The maximum Gasteiger partial charge on any atom is 0.242 e. The predicted octanol–water partition coefficient (Wildman–Crippen LogP) is 0.820. The van der Waals surface area contributed by atoms with Crippen LogP contribution in [0.3, 0.4) is 0 Å². The van der Waals surface area contributed by atoms with E-state index in [1.54, 1.807) is 21.6 Å². The molecule has 0 atom stereocenters. The number of thioether (sulfide) groups is 1. The van der Waals surface area contributed by atoms with Crippen LogP contribution in [-0.2, 0) is 9.59 Å². The van der Waals surface area contributed by atoms with Crippen molar-refractivity contribution in [1.82, 2.24) is 9.80 Å². The Labute approximate surface area is 101 Å². The van der Waals surface area contributed by atoms with E-state index in [9.17, 15) is 9.59 Å². The Balaban J connectivity index is 2.40. The molecule has 16 heavy (non-hydrogen) atoms. The van der Waals surface area contributed by atoms with Crippen molar-refractivity contribution in [2.24, 2.45) is 0 Å². The van der Waals surface area contributed by atoms with Crippen LogP contribution < -0.4 is 0 Å². The van der Waals surface area contributed by atoms with Gasteiger partial charge in [0.2, 0.25) is 11.8 Å². The Morgan fingerprint density at radius 3 is 2.19 bits per heavy atom. The van der Waals surface area contributed by atoms with E-state index in [1.807, 2.05) is 13.2 Å². The van der Waals surface area contributed by atoms with Gasteiger partial charge in [-0.1, -0.05) is 6.92 Å². The normalized spacial score (nSPS) is 17.1. The van der Waals surface area contributed by atoms with Crippen LogP contribution in [0.2, 0.25) is 0 Å². The summed E-state index contributed by atoms with van der Waals surface area (Å²) >= 11 is 1.77. The quantitative estimate of drug-likeness (QED) is 0.650. The molecule has 0 radical (unpaired) electrons. The Morgan fingerprint density at radius 2 is 1.69 bits per heavy atom. The first-order valence-electron chi connectivity index (χ1n) is 5.73. The van der Waals surface area contributed by atoms with Crippen molar-refractivity contribution in [3.05, 3.63) is 0 Å². The monoisotopic (exact) mass is 244 g/mol. The first-order valence-corrected chi connectivity index (χ1v) is 7.13. The molecule has 1 aliphatic rings. The molecule has 0 saturated carbocycles. The summed E-state index contributed by atoms with van der Waals surface area (Å²) in [5, 5.41) is 0. The van der Waals surface area contributed by atoms with E-state index in [0.717, 1.165) is 18.6 Å². The molecule has 0 aliphatic carbocycles. The maximum atomic E-state index is 11.7. The highest BCUT2D eigenvalue weighted by molar-refractivity contribution is 7.98. The van der Waals surface area contributed by atoms with Gasteiger partial charge in [0.05, 0.1) is 13.1 Å². The van der Waals surface area contributed by atoms with Crippen molar-refractivity contribution in [3.8, 4) is 0 Å². The van der Waals surface area contributed by atoms with E-state index in [2.05, 4.69) is 0 Å². The summed E-state index contributed by atoms with van der Waals surface area (Å²) in [6.45, 7) is 3.97. The van der Waals surface area contributed by atoms with Crippen LogP contribution in [0.1, 0.15) is 19.8 Å². The summed E-state index contributed by atoms with van der Waals surface area (Å²) in [5.74, 6) is 1.22. The molecule has 0 bridgehead atoms. The summed E-state index contributed by atoms with van der Waals surface area (Å²) in [5.41, 5.74) is 0. The standard InChI is InChI=1S/C11H20N2O2S/c1-3-5-12-8-11(15)13(9-10(12)14)6-4-7-16-2/h3-9H2,1-2H3. The lowest BCUT2D eigenvalue weighted by atomic mass is 10.2. The summed E-state index contributed by atoms with van der Waals surface area (Å²) in [7, 11) is 0. The third-order valence-electron chi connectivity index (χ3n) is 2.63. The van der Waals surface area contributed by atoms with Gasteiger partial charge < -0.3 is 9.80 Å². The summed E-state index contributed by atoms with van der Waals surface area (Å²) in [6.07, 6.45) is 3.92. The molecule has 92 valence electrons. The summed E-state index contributed by atoms with van der Waals surface area (Å²) in [6, 6.07) is 0. The molecule has 0 unspecified atom stereocenters. The van der Waals surface area contributed by atoms with Gasteiger partial charge in [0.25, 0.3) is 0 Å². The lowest BCUT2D eigenvalue weighted by Crippen LogP contribution is -2.54. The zero-order valence-electron chi connectivity index (χ0n) is 10.1. The highest BCUT2D eigenvalue weighted by Gasteiger charge is 2.28. The second-order valence-electron chi connectivity index (χ2n) is 3.98. The Kier molecular flexibility index (Phi) is 5.66. The fourth-order valence-electron chi connectivity index (χ4n) is 1.78. The van der Waals surface area contributed by atoms with Crippen molar-refractivity contribution in [2.75, 3.05) is 38.2 Å². The highest BCUT2D eigenvalue weighted by Crippen LogP contribution is 2.07. The van der Waals surface area contributed by atoms with Crippen LogP contribution in [0.5, 0.6) is 0 Å². The SMILES string of the molecule is CCCN1CC(=O)N(CCCSC)CC1=O. The Bertz CT molecular complexity index is 258. The van der Waals surface area contributed by atoms with Gasteiger partial charge in [-0.3, -0.25) is 9.59 Å². The van der Waals surface area contributed by atoms with Crippen molar-refractivity contribution in [2.45, 2.75) is 19.8 Å². The van der Waals surface area contributed by atoms with Crippen LogP contribution >= 0.6 is 11.8 Å². The zero-order chi connectivity index (χ0) is 12.0. The number of amides is 2. The number of carbonyl (C=O) groups excluding carboxylic acids is 2. The molecule has 1 aliphatic heterocycles. The fraction of sp³-hybridized carbons (Fsp3) is 0.818. The minimum atomic E-state index is 0.0885. The molecule has 0 aromatic heterocycles. The summed E-state index contributed by atoms with van der Waals surface area (Å²) < 4.78 is 0. The van der Waals surface area contributed by atoms with E-state index in [4.69, 9.17) is 0 Å². The Hall–Kier alpha value is -0.710. The minimum Gasteiger partial charge on any atom is -0.332 e. The first kappa shape index (κ1) is 13.4. The second kappa shape index (κ2) is 6.78. The molecule has 2 amide bonds. The van der Waals surface area contributed by atoms with Crippen LogP contribution in [-0.4, -0.2) is 59.8 Å². The molecule has 1 saturated heterocycles. The van der Waals surface area contributed by atoms with Crippen molar-refractivity contribution in [3.63, 3.8) is 0 Å². The average molecular weight is 244 g/mol. The van der Waals surface area contributed by atoms with E-state index in [0.29, 0.717) is 13.1 Å². The number of nitrogens with zero attached hydrogens (tertiary/aromatic N) is 2. The predicted molar refractivity (Wildman–Crippen MR) is 66.5 cm³/mol. The number of carbonyl (C=O) groups is 2. The molecule has 0 aromatic carbocycles. The van der Waals surface area contributed by atoms with Crippen LogP contribution in [0, 0.1) is 0 Å². The molecule has 1 heterocycles. The molecule has 5 heteroatoms. The zero-order valence-corrected chi connectivity index (χ0v) is 10.9. The van der Waals surface area contributed by atoms with E-state index >= 15 is 0 Å². The number of hydrogen-bond donors (Lipinski definition) is 0. The van der Waals surface area contributed by atoms with Gasteiger partial charge in [0, 0.05) is 13.1 Å². The smallest absolute Gasteiger partial charge is 0.242 e. The third kappa shape index (κ3) is 3.70. The van der Waals surface area contributed by atoms with Crippen LogP contribution in [0.15, 0.2) is 0 Å². The molecule has 0 N–H and O–H groups in total. The van der Waals surface area contributed by atoms with Crippen molar-refractivity contribution < 1.29 is 9.59 Å². The molecular weight excluding hydrogens is 224 g/mol. The average Bonchev–Trinajstić information content (AvgIpc) is 2.25. The van der Waals surface area contributed by atoms with Crippen molar-refractivity contribution >= 4 is 23.6 Å². The molecule has 1 rings (SSSR count). The van der Waals surface area contributed by atoms with E-state index < -0.39 is 0 Å². The lowest BCUT2D eigenvalue weighted by molar-refractivity contribution is -0.150. The fourth-order valence-corrected chi connectivity index (χ4v) is 2.20. The van der Waals surface area contributed by atoms with Crippen LogP contribution in [0.4, 0.5) is 0 Å². The lowest BCUT2D eigenvalue weighted by Gasteiger charge is -2.33. The number of rotatable bonds is 6. The van der Waals surface area contributed by atoms with E-state index in [-0.39, 0.29) is 24.9 Å².